The molecule has 1 saturated heterocycles. The number of ether oxygens (including phenoxy) is 1. The number of benzene rings is 1. The molecule has 1 aliphatic rings. The molecule has 22 heavy (non-hydrogen) atoms. The largest absolute Gasteiger partial charge is 0.508 e. The summed E-state index contributed by atoms with van der Waals surface area (Å²) in [5, 5.41) is 17.8. The number of nitrogens with zero attached hydrogens (tertiary/aromatic N) is 3. The summed E-state index contributed by atoms with van der Waals surface area (Å²) in [4.78, 5) is 10.4. The van der Waals surface area contributed by atoms with Crippen LogP contribution in [-0.4, -0.2) is 47.1 Å². The van der Waals surface area contributed by atoms with Crippen LogP contribution in [0, 0.1) is 5.41 Å². The van der Waals surface area contributed by atoms with E-state index in [0.29, 0.717) is 16.9 Å². The molecule has 1 fully saturated rings. The molecule has 0 atom stereocenters. The molecule has 0 radical (unpaired) electrons. The van der Waals surface area contributed by atoms with E-state index in [4.69, 9.17) is 15.9 Å². The van der Waals surface area contributed by atoms with Gasteiger partial charge in [-0.3, -0.25) is 5.41 Å². The van der Waals surface area contributed by atoms with Crippen molar-refractivity contribution in [1.29, 1.82) is 5.41 Å². The zero-order valence-corrected chi connectivity index (χ0v) is 12.2. The number of aromatic nitrogens is 2. The maximum atomic E-state index is 9.57. The summed E-state index contributed by atoms with van der Waals surface area (Å²) in [6, 6.07) is 6.27. The molecular weight excluding hydrogens is 282 g/mol. The Kier molecular flexibility index (Phi) is 3.64. The molecule has 114 valence electrons. The molecule has 7 heteroatoms. The van der Waals surface area contributed by atoms with Gasteiger partial charge in [0.1, 0.15) is 17.9 Å². The van der Waals surface area contributed by atoms with Crippen LogP contribution in [-0.2, 0) is 4.74 Å². The van der Waals surface area contributed by atoms with Crippen LogP contribution in [0.25, 0.3) is 0 Å². The number of hydrogen-bond acceptors (Lipinski definition) is 7. The normalized spacial score (nSPS) is 14.7. The zero-order chi connectivity index (χ0) is 15.7. The Morgan fingerprint density at radius 1 is 1.36 bits per heavy atom. The fraction of sp³-hybridized carbons (Fsp3) is 0.267. The Morgan fingerprint density at radius 2 is 2.14 bits per heavy atom. The van der Waals surface area contributed by atoms with Gasteiger partial charge >= 0.3 is 0 Å². The third kappa shape index (κ3) is 2.58. The van der Waals surface area contributed by atoms with E-state index in [2.05, 4.69) is 14.9 Å². The second-order valence-electron chi connectivity index (χ2n) is 5.17. The molecule has 1 aromatic carbocycles. The minimum absolute atomic E-state index is 0.0638. The van der Waals surface area contributed by atoms with Gasteiger partial charge in [0.25, 0.3) is 0 Å². The van der Waals surface area contributed by atoms with E-state index in [1.165, 1.54) is 18.5 Å². The Hall–Kier alpha value is -2.67. The maximum Gasteiger partial charge on any atom is 0.132 e. The summed E-state index contributed by atoms with van der Waals surface area (Å²) in [5.41, 5.74) is 7.36. The Morgan fingerprint density at radius 3 is 2.86 bits per heavy atom. The van der Waals surface area contributed by atoms with E-state index < -0.39 is 0 Å². The number of rotatable bonds is 4. The highest BCUT2D eigenvalue weighted by Gasteiger charge is 2.28. The van der Waals surface area contributed by atoms with Crippen molar-refractivity contribution < 1.29 is 9.84 Å². The number of phenols is 1. The molecule has 0 saturated carbocycles. The van der Waals surface area contributed by atoms with Crippen LogP contribution in [0.15, 0.2) is 30.6 Å². The highest BCUT2D eigenvalue weighted by Crippen LogP contribution is 2.24. The Bertz CT molecular complexity index is 713. The molecule has 4 N–H and O–H groups in total. The highest BCUT2D eigenvalue weighted by molar-refractivity contribution is 6.13. The molecule has 1 aliphatic heterocycles. The van der Waals surface area contributed by atoms with Crippen LogP contribution in [0.2, 0.25) is 0 Å². The Balaban J connectivity index is 1.86. The van der Waals surface area contributed by atoms with Crippen molar-refractivity contribution in [1.82, 2.24) is 9.97 Å². The monoisotopic (exact) mass is 299 g/mol. The lowest BCUT2D eigenvalue weighted by Gasteiger charge is -2.38. The first kappa shape index (κ1) is 14.3. The van der Waals surface area contributed by atoms with E-state index in [0.717, 1.165) is 18.9 Å². The number of phenolic OH excluding ortho intramolecular Hbond substituents is 1. The second kappa shape index (κ2) is 5.61. The van der Waals surface area contributed by atoms with Gasteiger partial charge in [-0.2, -0.15) is 0 Å². The van der Waals surface area contributed by atoms with Crippen LogP contribution >= 0.6 is 0 Å². The summed E-state index contributed by atoms with van der Waals surface area (Å²) < 4.78 is 5.24. The highest BCUT2D eigenvalue weighted by atomic mass is 16.5. The maximum absolute atomic E-state index is 9.57. The molecule has 2 heterocycles. The van der Waals surface area contributed by atoms with Gasteiger partial charge in [-0.25, -0.2) is 9.97 Å². The van der Waals surface area contributed by atoms with Crippen molar-refractivity contribution in [2.75, 3.05) is 30.8 Å². The minimum atomic E-state index is 0.0638. The average molecular weight is 299 g/mol. The van der Waals surface area contributed by atoms with Gasteiger partial charge in [-0.05, 0) is 18.2 Å². The molecule has 0 unspecified atom stereocenters. The number of nitrogen functional groups attached to an aromatic ring is 1. The van der Waals surface area contributed by atoms with E-state index >= 15 is 0 Å². The predicted molar refractivity (Wildman–Crippen MR) is 83.5 cm³/mol. The number of anilines is 2. The lowest BCUT2D eigenvalue weighted by molar-refractivity contribution is 0.0783. The van der Waals surface area contributed by atoms with Gasteiger partial charge in [0.15, 0.2) is 0 Å². The standard InChI is InChI=1S/C15H17N5O2/c1-22-10-6-20(7-10)14-5-13(18-8-19-14)15(17)11-4-9(21)2-3-12(11)16/h2-5,8,10,17,21H,6-7,16H2,1H3. The Labute approximate surface area is 127 Å². The summed E-state index contributed by atoms with van der Waals surface area (Å²) in [6.07, 6.45) is 1.65. The van der Waals surface area contributed by atoms with E-state index in [1.54, 1.807) is 19.2 Å². The second-order valence-corrected chi connectivity index (χ2v) is 5.17. The summed E-state index contributed by atoms with van der Waals surface area (Å²) in [6.45, 7) is 1.54. The third-order valence-corrected chi connectivity index (χ3v) is 3.72. The molecular formula is C15H17N5O2. The fourth-order valence-electron chi connectivity index (χ4n) is 2.33. The first-order chi connectivity index (χ1) is 10.6. The molecule has 0 spiro atoms. The quantitative estimate of drug-likeness (QED) is 0.442. The first-order valence-corrected chi connectivity index (χ1v) is 6.86. The molecule has 0 amide bonds. The van der Waals surface area contributed by atoms with Crippen LogP contribution in [0.4, 0.5) is 11.5 Å². The summed E-state index contributed by atoms with van der Waals surface area (Å²) >= 11 is 0. The molecule has 2 aromatic rings. The molecule has 0 aliphatic carbocycles. The van der Waals surface area contributed by atoms with Gasteiger partial charge in [0.05, 0.1) is 17.5 Å². The third-order valence-electron chi connectivity index (χ3n) is 3.72. The first-order valence-electron chi connectivity index (χ1n) is 6.86. The minimum Gasteiger partial charge on any atom is -0.508 e. The van der Waals surface area contributed by atoms with E-state index in [1.807, 2.05) is 0 Å². The molecule has 1 aromatic heterocycles. The summed E-state index contributed by atoms with van der Waals surface area (Å²) in [7, 11) is 1.69. The van der Waals surface area contributed by atoms with Gasteiger partial charge in [0, 0.05) is 37.5 Å². The lowest BCUT2D eigenvalue weighted by atomic mass is 10.0. The average Bonchev–Trinajstić information content (AvgIpc) is 2.48. The topological polar surface area (TPSA) is 108 Å². The zero-order valence-electron chi connectivity index (χ0n) is 12.2. The van der Waals surface area contributed by atoms with Crippen molar-refractivity contribution in [2.24, 2.45) is 0 Å². The molecule has 7 nitrogen and oxygen atoms in total. The van der Waals surface area contributed by atoms with Gasteiger partial charge < -0.3 is 20.5 Å². The number of hydrogen-bond donors (Lipinski definition) is 3. The van der Waals surface area contributed by atoms with Gasteiger partial charge in [-0.1, -0.05) is 0 Å². The van der Waals surface area contributed by atoms with Crippen molar-refractivity contribution in [3.63, 3.8) is 0 Å². The smallest absolute Gasteiger partial charge is 0.132 e. The SMILES string of the molecule is COC1CN(c2cc(C(=N)c3cc(O)ccc3N)ncn2)C1. The van der Waals surface area contributed by atoms with Crippen molar-refractivity contribution in [3.05, 3.63) is 41.9 Å². The molecule has 0 bridgehead atoms. The number of aromatic hydroxyl groups is 1. The van der Waals surface area contributed by atoms with E-state index in [-0.39, 0.29) is 17.6 Å². The van der Waals surface area contributed by atoms with Crippen LogP contribution in [0.1, 0.15) is 11.3 Å². The van der Waals surface area contributed by atoms with Crippen molar-refractivity contribution in [3.8, 4) is 5.75 Å². The fourth-order valence-corrected chi connectivity index (χ4v) is 2.33. The van der Waals surface area contributed by atoms with Gasteiger partial charge in [0.2, 0.25) is 0 Å². The van der Waals surface area contributed by atoms with E-state index in [9.17, 15) is 5.11 Å². The van der Waals surface area contributed by atoms with Crippen molar-refractivity contribution >= 4 is 17.2 Å². The van der Waals surface area contributed by atoms with Crippen molar-refractivity contribution in [2.45, 2.75) is 6.10 Å². The van der Waals surface area contributed by atoms with Crippen LogP contribution in [0.3, 0.4) is 0 Å². The van der Waals surface area contributed by atoms with Crippen LogP contribution in [0.5, 0.6) is 5.75 Å². The number of nitrogens with one attached hydrogen (secondary N) is 1. The summed E-state index contributed by atoms with van der Waals surface area (Å²) in [5.74, 6) is 0.815. The predicted octanol–water partition coefficient (Wildman–Crippen LogP) is 1.02. The van der Waals surface area contributed by atoms with Crippen LogP contribution < -0.4 is 10.6 Å². The number of methoxy groups -OCH3 is 1. The molecule has 3 rings (SSSR count). The van der Waals surface area contributed by atoms with Gasteiger partial charge in [-0.15, -0.1) is 0 Å². The lowest BCUT2D eigenvalue weighted by Crippen LogP contribution is -2.52. The number of nitrogens with two attached hydrogens (primary N) is 1.